The second-order valence-electron chi connectivity index (χ2n) is 5.20. The number of nitrogens with two attached hydrogens (primary N) is 1. The molecule has 20 heavy (non-hydrogen) atoms. The van der Waals surface area contributed by atoms with E-state index in [-0.39, 0.29) is 18.7 Å². The molecular formula is C13H16F4N2O. The SMILES string of the molecule is CC(C)(CNCc1cc(F)cc(C(F)(F)F)c1)C(N)=O. The van der Waals surface area contributed by atoms with E-state index in [0.717, 1.165) is 12.1 Å². The molecule has 0 saturated heterocycles. The van der Waals surface area contributed by atoms with Gasteiger partial charge in [0, 0.05) is 13.1 Å². The third kappa shape index (κ3) is 4.48. The molecule has 0 aliphatic heterocycles. The van der Waals surface area contributed by atoms with Crippen molar-refractivity contribution in [1.29, 1.82) is 0 Å². The van der Waals surface area contributed by atoms with E-state index in [1.165, 1.54) is 0 Å². The predicted molar refractivity (Wildman–Crippen MR) is 66.1 cm³/mol. The smallest absolute Gasteiger partial charge is 0.369 e. The van der Waals surface area contributed by atoms with Crippen LogP contribution in [0, 0.1) is 11.2 Å². The summed E-state index contributed by atoms with van der Waals surface area (Å²) in [7, 11) is 0. The number of carbonyl (C=O) groups excluding carboxylic acids is 1. The standard InChI is InChI=1S/C13H16F4N2O/c1-12(2,11(18)20)7-19-6-8-3-9(13(15,16)17)5-10(14)4-8/h3-5,19H,6-7H2,1-2H3,(H2,18,20). The van der Waals surface area contributed by atoms with Crippen molar-refractivity contribution in [2.45, 2.75) is 26.6 Å². The van der Waals surface area contributed by atoms with Gasteiger partial charge in [0.2, 0.25) is 5.91 Å². The molecule has 0 saturated carbocycles. The van der Waals surface area contributed by atoms with Crippen LogP contribution in [0.5, 0.6) is 0 Å². The number of primary amides is 1. The zero-order chi connectivity index (χ0) is 15.6. The molecule has 0 fully saturated rings. The highest BCUT2D eigenvalue weighted by Gasteiger charge is 2.31. The molecule has 3 N–H and O–H groups in total. The monoisotopic (exact) mass is 292 g/mol. The first-order valence-corrected chi connectivity index (χ1v) is 5.89. The first kappa shape index (κ1) is 16.4. The molecule has 0 unspecified atom stereocenters. The third-order valence-corrected chi connectivity index (χ3v) is 2.85. The highest BCUT2D eigenvalue weighted by molar-refractivity contribution is 5.80. The maximum atomic E-state index is 13.1. The quantitative estimate of drug-likeness (QED) is 0.819. The summed E-state index contributed by atoms with van der Waals surface area (Å²) >= 11 is 0. The molecular weight excluding hydrogens is 276 g/mol. The number of nitrogens with one attached hydrogen (secondary N) is 1. The van der Waals surface area contributed by atoms with Crippen molar-refractivity contribution in [3.8, 4) is 0 Å². The Morgan fingerprint density at radius 2 is 1.85 bits per heavy atom. The van der Waals surface area contributed by atoms with Gasteiger partial charge in [-0.2, -0.15) is 13.2 Å². The molecule has 1 aromatic carbocycles. The van der Waals surface area contributed by atoms with Crippen LogP contribution in [0.15, 0.2) is 18.2 Å². The average molecular weight is 292 g/mol. The Hall–Kier alpha value is -1.63. The molecule has 0 heterocycles. The summed E-state index contributed by atoms with van der Waals surface area (Å²) in [5, 5.41) is 2.79. The van der Waals surface area contributed by atoms with E-state index in [1.807, 2.05) is 0 Å². The van der Waals surface area contributed by atoms with Crippen LogP contribution in [-0.4, -0.2) is 12.5 Å². The second kappa shape index (κ2) is 5.78. The fourth-order valence-electron chi connectivity index (χ4n) is 1.52. The van der Waals surface area contributed by atoms with Gasteiger partial charge in [-0.05, 0) is 37.6 Å². The van der Waals surface area contributed by atoms with Gasteiger partial charge in [-0.3, -0.25) is 4.79 Å². The van der Waals surface area contributed by atoms with Gasteiger partial charge in [-0.15, -0.1) is 0 Å². The molecule has 0 aliphatic rings. The summed E-state index contributed by atoms with van der Waals surface area (Å²) in [6.07, 6.45) is -4.59. The summed E-state index contributed by atoms with van der Waals surface area (Å²) in [5.74, 6) is -1.48. The van der Waals surface area contributed by atoms with E-state index >= 15 is 0 Å². The number of carbonyl (C=O) groups is 1. The van der Waals surface area contributed by atoms with Crippen LogP contribution in [-0.2, 0) is 17.5 Å². The van der Waals surface area contributed by atoms with Gasteiger partial charge >= 0.3 is 6.18 Å². The van der Waals surface area contributed by atoms with E-state index < -0.39 is 28.9 Å². The summed E-state index contributed by atoms with van der Waals surface area (Å²) in [5.41, 5.74) is 3.45. The molecule has 1 amide bonds. The van der Waals surface area contributed by atoms with Crippen LogP contribution < -0.4 is 11.1 Å². The zero-order valence-electron chi connectivity index (χ0n) is 11.1. The number of benzene rings is 1. The number of hydrogen-bond donors (Lipinski definition) is 2. The van der Waals surface area contributed by atoms with Crippen molar-refractivity contribution in [3.05, 3.63) is 35.1 Å². The summed E-state index contributed by atoms with van der Waals surface area (Å²) in [4.78, 5) is 11.1. The Morgan fingerprint density at radius 1 is 1.25 bits per heavy atom. The van der Waals surface area contributed by atoms with Crippen LogP contribution in [0.4, 0.5) is 17.6 Å². The summed E-state index contributed by atoms with van der Waals surface area (Å²) in [6, 6.07) is 2.32. The Bertz CT molecular complexity index is 498. The maximum absolute atomic E-state index is 13.1. The zero-order valence-corrected chi connectivity index (χ0v) is 11.1. The van der Waals surface area contributed by atoms with Crippen molar-refractivity contribution < 1.29 is 22.4 Å². The molecule has 1 rings (SSSR count). The largest absolute Gasteiger partial charge is 0.416 e. The van der Waals surface area contributed by atoms with E-state index in [9.17, 15) is 22.4 Å². The molecule has 0 aromatic heterocycles. The van der Waals surface area contributed by atoms with Gasteiger partial charge in [0.1, 0.15) is 5.82 Å². The van der Waals surface area contributed by atoms with Crippen LogP contribution in [0.1, 0.15) is 25.0 Å². The lowest BCUT2D eigenvalue weighted by Crippen LogP contribution is -2.40. The molecule has 3 nitrogen and oxygen atoms in total. The van der Waals surface area contributed by atoms with Crippen molar-refractivity contribution in [2.24, 2.45) is 11.1 Å². The molecule has 0 aliphatic carbocycles. The second-order valence-corrected chi connectivity index (χ2v) is 5.20. The van der Waals surface area contributed by atoms with Crippen molar-refractivity contribution >= 4 is 5.91 Å². The van der Waals surface area contributed by atoms with Crippen molar-refractivity contribution in [2.75, 3.05) is 6.54 Å². The summed E-state index contributed by atoms with van der Waals surface area (Å²) < 4.78 is 50.7. The molecule has 0 bridgehead atoms. The van der Waals surface area contributed by atoms with E-state index in [1.54, 1.807) is 13.8 Å². The number of hydrogen-bond acceptors (Lipinski definition) is 2. The van der Waals surface area contributed by atoms with Gasteiger partial charge in [0.25, 0.3) is 0 Å². The fourth-order valence-corrected chi connectivity index (χ4v) is 1.52. The third-order valence-electron chi connectivity index (χ3n) is 2.85. The first-order valence-electron chi connectivity index (χ1n) is 5.89. The van der Waals surface area contributed by atoms with E-state index in [2.05, 4.69) is 5.32 Å². The minimum absolute atomic E-state index is 0.0115. The molecule has 7 heteroatoms. The van der Waals surface area contributed by atoms with Gasteiger partial charge in [0.05, 0.1) is 11.0 Å². The highest BCUT2D eigenvalue weighted by Crippen LogP contribution is 2.30. The molecule has 0 atom stereocenters. The van der Waals surface area contributed by atoms with E-state index in [4.69, 9.17) is 5.73 Å². The lowest BCUT2D eigenvalue weighted by Gasteiger charge is -2.21. The highest BCUT2D eigenvalue weighted by atomic mass is 19.4. The maximum Gasteiger partial charge on any atom is 0.416 e. The summed E-state index contributed by atoms with van der Waals surface area (Å²) in [6.45, 7) is 3.40. The number of halogens is 4. The Kier molecular flexibility index (Phi) is 4.75. The van der Waals surface area contributed by atoms with Crippen LogP contribution in [0.25, 0.3) is 0 Å². The first-order chi connectivity index (χ1) is 9.02. The van der Waals surface area contributed by atoms with Gasteiger partial charge < -0.3 is 11.1 Å². The van der Waals surface area contributed by atoms with Crippen LogP contribution in [0.3, 0.4) is 0 Å². The predicted octanol–water partition coefficient (Wildman–Crippen LogP) is 2.45. The number of amides is 1. The Labute approximate surface area is 114 Å². The number of rotatable bonds is 5. The van der Waals surface area contributed by atoms with E-state index in [0.29, 0.717) is 6.07 Å². The van der Waals surface area contributed by atoms with Crippen molar-refractivity contribution in [1.82, 2.24) is 5.32 Å². The van der Waals surface area contributed by atoms with Crippen molar-refractivity contribution in [3.63, 3.8) is 0 Å². The van der Waals surface area contributed by atoms with Gasteiger partial charge in [0.15, 0.2) is 0 Å². The Morgan fingerprint density at radius 3 is 2.35 bits per heavy atom. The minimum Gasteiger partial charge on any atom is -0.369 e. The molecule has 0 radical (unpaired) electrons. The van der Waals surface area contributed by atoms with Crippen LogP contribution in [0.2, 0.25) is 0 Å². The van der Waals surface area contributed by atoms with Crippen LogP contribution >= 0.6 is 0 Å². The van der Waals surface area contributed by atoms with Gasteiger partial charge in [-0.1, -0.05) is 0 Å². The molecule has 1 aromatic rings. The molecule has 112 valence electrons. The Balaban J connectivity index is 2.75. The fraction of sp³-hybridized carbons (Fsp3) is 0.462. The topological polar surface area (TPSA) is 55.1 Å². The number of alkyl halides is 3. The normalized spacial score (nSPS) is 12.5. The minimum atomic E-state index is -4.59. The lowest BCUT2D eigenvalue weighted by atomic mass is 9.93. The average Bonchev–Trinajstić information content (AvgIpc) is 2.26. The van der Waals surface area contributed by atoms with Gasteiger partial charge in [-0.25, -0.2) is 4.39 Å². The molecule has 0 spiro atoms. The lowest BCUT2D eigenvalue weighted by molar-refractivity contribution is -0.137.